The number of methoxy groups -OCH3 is 1. The highest BCUT2D eigenvalue weighted by molar-refractivity contribution is 5.80. The van der Waals surface area contributed by atoms with Gasteiger partial charge in [-0.15, -0.1) is 0 Å². The molecule has 0 aliphatic carbocycles. The molecular formula is C16H24N2O3. The number of rotatable bonds is 6. The summed E-state index contributed by atoms with van der Waals surface area (Å²) < 4.78 is 10.6. The summed E-state index contributed by atoms with van der Waals surface area (Å²) in [5.74, 6) is 0.704. The monoisotopic (exact) mass is 292 g/mol. The van der Waals surface area contributed by atoms with Gasteiger partial charge in [-0.2, -0.15) is 0 Å². The summed E-state index contributed by atoms with van der Waals surface area (Å²) in [6, 6.07) is 7.79. The van der Waals surface area contributed by atoms with Crippen LogP contribution in [-0.2, 0) is 9.53 Å². The quantitative estimate of drug-likeness (QED) is 0.834. The summed E-state index contributed by atoms with van der Waals surface area (Å²) in [5.41, 5.74) is 1.03. The second kappa shape index (κ2) is 7.43. The molecule has 5 heteroatoms. The minimum Gasteiger partial charge on any atom is -0.497 e. The lowest BCUT2D eigenvalue weighted by Crippen LogP contribution is -2.44. The summed E-state index contributed by atoms with van der Waals surface area (Å²) in [6.45, 7) is 5.92. The van der Waals surface area contributed by atoms with Gasteiger partial charge >= 0.3 is 0 Å². The van der Waals surface area contributed by atoms with Crippen LogP contribution >= 0.6 is 0 Å². The maximum Gasteiger partial charge on any atom is 0.227 e. The Balaban J connectivity index is 1.98. The van der Waals surface area contributed by atoms with Crippen LogP contribution in [0.15, 0.2) is 24.3 Å². The fraction of sp³-hybridized carbons (Fsp3) is 0.562. The van der Waals surface area contributed by atoms with E-state index in [2.05, 4.69) is 10.6 Å². The molecule has 1 heterocycles. The van der Waals surface area contributed by atoms with Crippen LogP contribution in [0.2, 0.25) is 0 Å². The lowest BCUT2D eigenvalue weighted by molar-refractivity contribution is -0.126. The minimum atomic E-state index is -0.127. The molecule has 1 saturated heterocycles. The molecule has 2 N–H and O–H groups in total. The Morgan fingerprint density at radius 3 is 3.00 bits per heavy atom. The number of carbonyl (C=O) groups excluding carboxylic acids is 1. The lowest BCUT2D eigenvalue weighted by atomic mass is 10.0. The van der Waals surface area contributed by atoms with Crippen molar-refractivity contribution in [1.29, 1.82) is 0 Å². The Kier molecular flexibility index (Phi) is 5.59. The molecule has 1 aromatic rings. The normalized spacial score (nSPS) is 22.8. The lowest BCUT2D eigenvalue weighted by Gasteiger charge is -2.21. The SMILES string of the molecule is CCNC1COCC1C(=O)N[C@H](C)c1cccc(OC)c1. The van der Waals surface area contributed by atoms with Gasteiger partial charge in [-0.3, -0.25) is 4.79 Å². The van der Waals surface area contributed by atoms with Gasteiger partial charge < -0.3 is 20.1 Å². The molecule has 1 aliphatic rings. The first-order valence-electron chi connectivity index (χ1n) is 7.41. The number of nitrogens with one attached hydrogen (secondary N) is 2. The molecule has 5 nitrogen and oxygen atoms in total. The number of likely N-dealkylation sites (N-methyl/N-ethyl adjacent to an activating group) is 1. The third kappa shape index (κ3) is 3.95. The van der Waals surface area contributed by atoms with E-state index in [1.807, 2.05) is 38.1 Å². The summed E-state index contributed by atoms with van der Waals surface area (Å²) >= 11 is 0. The zero-order chi connectivity index (χ0) is 15.2. The van der Waals surface area contributed by atoms with E-state index in [1.165, 1.54) is 0 Å². The third-order valence-corrected chi connectivity index (χ3v) is 3.84. The molecule has 1 aromatic carbocycles. The molecule has 1 aliphatic heterocycles. The molecule has 1 fully saturated rings. The Hall–Kier alpha value is -1.59. The molecule has 0 aromatic heterocycles. The van der Waals surface area contributed by atoms with Gasteiger partial charge in [0, 0.05) is 6.04 Å². The molecule has 0 saturated carbocycles. The van der Waals surface area contributed by atoms with Gasteiger partial charge in [0.15, 0.2) is 0 Å². The molecule has 2 rings (SSSR count). The predicted octanol–water partition coefficient (Wildman–Crippen LogP) is 1.50. The van der Waals surface area contributed by atoms with Crippen LogP contribution in [0, 0.1) is 5.92 Å². The van der Waals surface area contributed by atoms with Gasteiger partial charge in [-0.1, -0.05) is 19.1 Å². The molecular weight excluding hydrogens is 268 g/mol. The Labute approximate surface area is 126 Å². The first-order valence-corrected chi connectivity index (χ1v) is 7.41. The zero-order valence-corrected chi connectivity index (χ0v) is 12.9. The number of benzene rings is 1. The van der Waals surface area contributed by atoms with E-state index >= 15 is 0 Å². The number of hydrogen-bond acceptors (Lipinski definition) is 4. The average molecular weight is 292 g/mol. The van der Waals surface area contributed by atoms with Crippen molar-refractivity contribution in [2.45, 2.75) is 25.9 Å². The van der Waals surface area contributed by atoms with Crippen molar-refractivity contribution < 1.29 is 14.3 Å². The summed E-state index contributed by atoms with van der Waals surface area (Å²) in [7, 11) is 1.64. The second-order valence-electron chi connectivity index (χ2n) is 5.32. The number of hydrogen-bond donors (Lipinski definition) is 2. The predicted molar refractivity (Wildman–Crippen MR) is 81.3 cm³/mol. The maximum absolute atomic E-state index is 12.4. The van der Waals surface area contributed by atoms with Crippen molar-refractivity contribution in [2.75, 3.05) is 26.9 Å². The van der Waals surface area contributed by atoms with Crippen LogP contribution in [-0.4, -0.2) is 38.8 Å². The van der Waals surface area contributed by atoms with Crippen molar-refractivity contribution in [2.24, 2.45) is 5.92 Å². The first kappa shape index (κ1) is 15.8. The van der Waals surface area contributed by atoms with Crippen LogP contribution in [0.3, 0.4) is 0 Å². The van der Waals surface area contributed by atoms with E-state index in [1.54, 1.807) is 7.11 Å². The second-order valence-corrected chi connectivity index (χ2v) is 5.32. The van der Waals surface area contributed by atoms with Gasteiger partial charge in [0.05, 0.1) is 32.3 Å². The maximum atomic E-state index is 12.4. The zero-order valence-electron chi connectivity index (χ0n) is 12.9. The smallest absolute Gasteiger partial charge is 0.227 e. The van der Waals surface area contributed by atoms with Gasteiger partial charge in [0.1, 0.15) is 5.75 Å². The van der Waals surface area contributed by atoms with Crippen molar-refractivity contribution in [3.8, 4) is 5.75 Å². The summed E-state index contributed by atoms with van der Waals surface area (Å²) in [6.07, 6.45) is 0. The first-order chi connectivity index (χ1) is 10.2. The number of carbonyl (C=O) groups is 1. The highest BCUT2D eigenvalue weighted by Crippen LogP contribution is 2.20. The van der Waals surface area contributed by atoms with E-state index in [0.717, 1.165) is 17.9 Å². The largest absolute Gasteiger partial charge is 0.497 e. The summed E-state index contributed by atoms with van der Waals surface area (Å²) in [5, 5.41) is 6.36. The van der Waals surface area contributed by atoms with E-state index in [9.17, 15) is 4.79 Å². The standard InChI is InChI=1S/C16H24N2O3/c1-4-17-15-10-21-9-14(15)16(19)18-11(2)12-6-5-7-13(8-12)20-3/h5-8,11,14-15,17H,4,9-10H2,1-3H3,(H,18,19)/t11-,14?,15?/m1/s1. The van der Waals surface area contributed by atoms with Gasteiger partial charge in [-0.05, 0) is 31.2 Å². The molecule has 116 valence electrons. The fourth-order valence-corrected chi connectivity index (χ4v) is 2.59. The third-order valence-electron chi connectivity index (χ3n) is 3.84. The highest BCUT2D eigenvalue weighted by Gasteiger charge is 2.33. The van der Waals surface area contributed by atoms with Crippen LogP contribution in [0.1, 0.15) is 25.5 Å². The van der Waals surface area contributed by atoms with Crippen molar-refractivity contribution in [3.63, 3.8) is 0 Å². The topological polar surface area (TPSA) is 59.6 Å². The Bertz CT molecular complexity index is 478. The highest BCUT2D eigenvalue weighted by atomic mass is 16.5. The Morgan fingerprint density at radius 2 is 2.29 bits per heavy atom. The van der Waals surface area contributed by atoms with Gasteiger partial charge in [-0.25, -0.2) is 0 Å². The van der Waals surface area contributed by atoms with E-state index in [0.29, 0.717) is 13.2 Å². The van der Waals surface area contributed by atoms with Gasteiger partial charge in [0.2, 0.25) is 5.91 Å². The van der Waals surface area contributed by atoms with Crippen molar-refractivity contribution in [3.05, 3.63) is 29.8 Å². The average Bonchev–Trinajstić information content (AvgIpc) is 2.96. The molecule has 2 unspecified atom stereocenters. The summed E-state index contributed by atoms with van der Waals surface area (Å²) in [4.78, 5) is 12.4. The van der Waals surface area contributed by atoms with Crippen LogP contribution in [0.4, 0.5) is 0 Å². The molecule has 0 bridgehead atoms. The Morgan fingerprint density at radius 1 is 1.48 bits per heavy atom. The van der Waals surface area contributed by atoms with E-state index < -0.39 is 0 Å². The number of amides is 1. The molecule has 3 atom stereocenters. The molecule has 0 radical (unpaired) electrons. The molecule has 21 heavy (non-hydrogen) atoms. The van der Waals surface area contributed by atoms with Crippen LogP contribution < -0.4 is 15.4 Å². The van der Waals surface area contributed by atoms with E-state index in [-0.39, 0.29) is 23.9 Å². The minimum absolute atomic E-state index is 0.0359. The fourth-order valence-electron chi connectivity index (χ4n) is 2.59. The van der Waals surface area contributed by atoms with Crippen molar-refractivity contribution >= 4 is 5.91 Å². The van der Waals surface area contributed by atoms with Crippen LogP contribution in [0.5, 0.6) is 5.75 Å². The molecule has 0 spiro atoms. The molecule has 1 amide bonds. The van der Waals surface area contributed by atoms with Crippen LogP contribution in [0.25, 0.3) is 0 Å². The van der Waals surface area contributed by atoms with Crippen molar-refractivity contribution in [1.82, 2.24) is 10.6 Å². The van der Waals surface area contributed by atoms with E-state index in [4.69, 9.17) is 9.47 Å². The number of ether oxygens (including phenoxy) is 2. The van der Waals surface area contributed by atoms with Gasteiger partial charge in [0.25, 0.3) is 0 Å².